The molecule has 5 fully saturated rings. The molecule has 0 aromatic heterocycles. The van der Waals surface area contributed by atoms with Gasteiger partial charge in [-0.1, -0.05) is 12.1 Å². The molecular weight excluding hydrogens is 722 g/mol. The Morgan fingerprint density at radius 2 is 1.71 bits per heavy atom. The van der Waals surface area contributed by atoms with Gasteiger partial charge in [0.05, 0.1) is 67.9 Å². The molecule has 2 aromatic carbocycles. The van der Waals surface area contributed by atoms with Gasteiger partial charge in [0.1, 0.15) is 41.2 Å². The number of benzene rings is 2. The van der Waals surface area contributed by atoms with E-state index in [0.29, 0.717) is 26.2 Å². The van der Waals surface area contributed by atoms with Gasteiger partial charge in [-0.15, -0.1) is 0 Å². The number of hydrogen-bond acceptors (Lipinski definition) is 16. The van der Waals surface area contributed by atoms with Crippen LogP contribution in [-0.2, 0) is 44.4 Å². The number of hydrogen-bond donors (Lipinski definition) is 5. The van der Waals surface area contributed by atoms with Gasteiger partial charge in [0.25, 0.3) is 5.91 Å². The number of fused-ring (bicyclic) bond motifs is 7. The number of phenols is 2. The number of carbonyl (C=O) groups excluding carboxylic acids is 3. The summed E-state index contributed by atoms with van der Waals surface area (Å²) in [7, 11) is 4.71. The molecule has 5 heterocycles. The number of rotatable bonds is 7. The predicted octanol–water partition coefficient (Wildman–Crippen LogP) is 0.0203. The first-order valence-electron chi connectivity index (χ1n) is 18.6. The van der Waals surface area contributed by atoms with E-state index in [2.05, 4.69) is 15.5 Å². The van der Waals surface area contributed by atoms with Crippen molar-refractivity contribution in [3.05, 3.63) is 51.6 Å². The fourth-order valence-electron chi connectivity index (χ4n) is 9.68. The third-order valence-electron chi connectivity index (χ3n) is 12.3. The number of ketones is 2. The lowest BCUT2D eigenvalue weighted by Crippen LogP contribution is -2.57. The monoisotopic (exact) mass is 767 g/mol. The number of morpholine rings is 1. The molecule has 0 radical (unpaired) electrons. The summed E-state index contributed by atoms with van der Waals surface area (Å²) in [6.07, 6.45) is -5.51. The van der Waals surface area contributed by atoms with Crippen LogP contribution in [0.25, 0.3) is 0 Å². The van der Waals surface area contributed by atoms with E-state index >= 15 is 0 Å². The van der Waals surface area contributed by atoms with Gasteiger partial charge in [0.2, 0.25) is 5.78 Å². The number of likely N-dealkylation sites (N-methyl/N-ethyl adjacent to an activating group) is 1. The number of nitrogens with one attached hydrogen (secondary N) is 2. The van der Waals surface area contributed by atoms with E-state index in [1.54, 1.807) is 20.2 Å². The lowest BCUT2D eigenvalue weighted by molar-refractivity contribution is -0.256. The molecule has 17 nitrogen and oxygen atoms in total. The van der Waals surface area contributed by atoms with Crippen LogP contribution in [0, 0.1) is 0 Å². The Bertz CT molecular complexity index is 1930. The molecule has 55 heavy (non-hydrogen) atoms. The minimum Gasteiger partial charge on any atom is -0.507 e. The van der Waals surface area contributed by atoms with Crippen molar-refractivity contribution >= 4 is 17.5 Å². The van der Waals surface area contributed by atoms with Gasteiger partial charge < -0.3 is 63.8 Å². The van der Waals surface area contributed by atoms with Crippen molar-refractivity contribution in [2.45, 2.75) is 99.2 Å². The van der Waals surface area contributed by atoms with Gasteiger partial charge in [-0.2, -0.15) is 0 Å². The first kappa shape index (κ1) is 36.9. The molecule has 5 N–H and O–H groups in total. The van der Waals surface area contributed by atoms with E-state index < -0.39 is 102 Å². The molecule has 0 bridgehead atoms. The van der Waals surface area contributed by atoms with Crippen molar-refractivity contribution in [2.24, 2.45) is 0 Å². The topological polar surface area (TPSA) is 213 Å². The quantitative estimate of drug-likeness (QED) is 0.201. The molecule has 2 aliphatic carbocycles. The van der Waals surface area contributed by atoms with Crippen molar-refractivity contribution in [2.75, 3.05) is 47.6 Å². The fraction of sp³-hybridized carbons (Fsp3) is 0.605. The van der Waals surface area contributed by atoms with Crippen molar-refractivity contribution in [1.82, 2.24) is 15.5 Å². The number of nitrogens with zero attached hydrogens (tertiary/aromatic N) is 1. The average Bonchev–Trinajstić information content (AvgIpc) is 3.89. The Morgan fingerprint density at radius 3 is 2.45 bits per heavy atom. The highest BCUT2D eigenvalue weighted by atomic mass is 16.7. The molecule has 296 valence electrons. The van der Waals surface area contributed by atoms with E-state index in [1.165, 1.54) is 19.2 Å². The second-order valence-electron chi connectivity index (χ2n) is 15.3. The predicted molar refractivity (Wildman–Crippen MR) is 186 cm³/mol. The maximum absolute atomic E-state index is 14.2. The van der Waals surface area contributed by atoms with Gasteiger partial charge in [-0.25, -0.2) is 0 Å². The Balaban J connectivity index is 1.08. The fourth-order valence-corrected chi connectivity index (χ4v) is 9.68. The van der Waals surface area contributed by atoms with Crippen LogP contribution in [0.15, 0.2) is 18.2 Å². The summed E-state index contributed by atoms with van der Waals surface area (Å²) in [4.78, 5) is 44.5. The second kappa shape index (κ2) is 13.7. The number of amides is 1. The number of phenolic OH excluding ortho intramolecular Hbond substituents is 2. The minimum absolute atomic E-state index is 0.0228. The minimum atomic E-state index is -2.22. The standard InChI is InChI=1S/C38H45N3O14/c1-15-32-20(41-8-9-50-36(49-4)35(41)55-32)10-23(53-15)54-22-12-38(47,37(46)40-19-14-52-33-18(39-2)13-51-34(19)33)11-17-25(22)31(45)27-26(29(17)43)28(42)16-6-5-7-21(48-3)24(16)30(27)44/h5-7,15,18-20,22-23,32-36,39,43,45,47H,8-14H2,1-4H3,(H,40,46)/t15-,18-,19-,20-,22-,23-,32+,33+,34+,35+,36-,38-/m0/s1. The van der Waals surface area contributed by atoms with Crippen LogP contribution >= 0.6 is 0 Å². The maximum Gasteiger partial charge on any atom is 0.252 e. The highest BCUT2D eigenvalue weighted by Crippen LogP contribution is 2.53. The zero-order valence-corrected chi connectivity index (χ0v) is 30.8. The number of aromatic hydroxyl groups is 2. The summed E-state index contributed by atoms with van der Waals surface area (Å²) < 4.78 is 47.9. The number of carbonyl (C=O) groups is 3. The molecule has 2 aromatic rings. The summed E-state index contributed by atoms with van der Waals surface area (Å²) >= 11 is 0. The highest BCUT2D eigenvalue weighted by Gasteiger charge is 2.56. The van der Waals surface area contributed by atoms with Crippen LogP contribution in [-0.4, -0.2) is 152 Å². The van der Waals surface area contributed by atoms with Gasteiger partial charge in [0, 0.05) is 55.6 Å². The smallest absolute Gasteiger partial charge is 0.252 e. The van der Waals surface area contributed by atoms with Gasteiger partial charge in [0.15, 0.2) is 24.6 Å². The maximum atomic E-state index is 14.2. The summed E-state index contributed by atoms with van der Waals surface area (Å²) in [6, 6.07) is 3.67. The lowest BCUT2D eigenvalue weighted by Gasteiger charge is -2.43. The Hall–Kier alpha value is -3.75. The van der Waals surface area contributed by atoms with Gasteiger partial charge in [-0.05, 0) is 20.0 Å². The number of aliphatic hydroxyl groups is 1. The summed E-state index contributed by atoms with van der Waals surface area (Å²) in [6.45, 7) is 3.38. The van der Waals surface area contributed by atoms with Gasteiger partial charge in [-0.3, -0.25) is 19.3 Å². The number of ether oxygens (including phenoxy) is 8. The highest BCUT2D eigenvalue weighted by molar-refractivity contribution is 6.31. The lowest BCUT2D eigenvalue weighted by atomic mass is 9.72. The Morgan fingerprint density at radius 1 is 0.964 bits per heavy atom. The zero-order valence-electron chi connectivity index (χ0n) is 30.8. The summed E-state index contributed by atoms with van der Waals surface area (Å²) in [5, 5.41) is 42.4. The largest absolute Gasteiger partial charge is 0.507 e. The van der Waals surface area contributed by atoms with Gasteiger partial charge >= 0.3 is 0 Å². The molecule has 0 unspecified atom stereocenters. The molecular formula is C38H45N3O14. The first-order chi connectivity index (χ1) is 26.5. The number of methoxy groups -OCH3 is 2. The normalized spacial score (nSPS) is 37.7. The van der Waals surface area contributed by atoms with E-state index in [4.69, 9.17) is 37.9 Å². The Labute approximate surface area is 316 Å². The molecule has 9 rings (SSSR count). The molecule has 0 saturated carbocycles. The van der Waals surface area contributed by atoms with E-state index in [0.717, 1.165) is 0 Å². The van der Waals surface area contributed by atoms with Crippen molar-refractivity contribution in [3.8, 4) is 17.2 Å². The van der Waals surface area contributed by atoms with Crippen LogP contribution in [0.3, 0.4) is 0 Å². The van der Waals surface area contributed by atoms with E-state index in [9.17, 15) is 29.7 Å². The Kier molecular flexibility index (Phi) is 9.20. The molecule has 0 spiro atoms. The third-order valence-corrected chi connectivity index (χ3v) is 12.3. The van der Waals surface area contributed by atoms with Crippen LogP contribution in [0.1, 0.15) is 68.8 Å². The van der Waals surface area contributed by atoms with Crippen LogP contribution in [0.5, 0.6) is 17.2 Å². The second-order valence-corrected chi connectivity index (χ2v) is 15.3. The van der Waals surface area contributed by atoms with Crippen molar-refractivity contribution in [3.63, 3.8) is 0 Å². The molecule has 7 aliphatic rings. The van der Waals surface area contributed by atoms with Crippen LogP contribution in [0.2, 0.25) is 0 Å². The van der Waals surface area contributed by atoms with Crippen molar-refractivity contribution < 1.29 is 67.6 Å². The van der Waals surface area contributed by atoms with Crippen LogP contribution in [0.4, 0.5) is 0 Å². The third kappa shape index (κ3) is 5.62. The molecule has 5 saturated heterocycles. The van der Waals surface area contributed by atoms with Crippen molar-refractivity contribution in [1.29, 1.82) is 0 Å². The summed E-state index contributed by atoms with van der Waals surface area (Å²) in [5.41, 5.74) is -3.29. The molecule has 1 amide bonds. The molecule has 17 heteroatoms. The molecule has 12 atom stereocenters. The zero-order chi connectivity index (χ0) is 38.5. The summed E-state index contributed by atoms with van der Waals surface area (Å²) in [5.74, 6) is -3.36. The SMILES string of the molecule is CN[C@H]1CO[C@H]2[C@@H]1OC[C@@H]2NC(=O)[C@]1(O)Cc2c(O)c3c(c(O)c2[C@@H](O[C@H]2C[C@H]4[C@H](O[C@@H]5[C@@H](OC)OCCN54)[C@H](C)O2)C1)C(=O)c1c(OC)cccc1C3=O. The average molecular weight is 768 g/mol. The van der Waals surface area contributed by atoms with Crippen LogP contribution < -0.4 is 15.4 Å². The van der Waals surface area contributed by atoms with E-state index in [-0.39, 0.29) is 58.9 Å². The van der Waals surface area contributed by atoms with E-state index in [1.807, 2.05) is 6.92 Å². The molecule has 5 aliphatic heterocycles. The first-order valence-corrected chi connectivity index (χ1v) is 18.6.